The molecule has 1 aliphatic heterocycles. The standard InChI is InChI=1S/C18H29N3O2S/c1-12(2)15-11-21(9-5-8-20(15)10-14-6-7-14)17(22)16-13(3)19-18(23-4)24-16/h12,14-15H,5-11H2,1-4H3/t15-/m1/s1. The lowest BCUT2D eigenvalue weighted by Gasteiger charge is -2.34. The van der Waals surface area contributed by atoms with Crippen LogP contribution in [0.25, 0.3) is 0 Å². The quantitative estimate of drug-likeness (QED) is 0.818. The molecule has 1 amide bonds. The lowest BCUT2D eigenvalue weighted by atomic mass is 10.0. The van der Waals surface area contributed by atoms with Gasteiger partial charge in [0, 0.05) is 32.2 Å². The Balaban J connectivity index is 1.74. The van der Waals surface area contributed by atoms with E-state index < -0.39 is 0 Å². The van der Waals surface area contributed by atoms with Crippen molar-refractivity contribution < 1.29 is 9.53 Å². The monoisotopic (exact) mass is 351 g/mol. The van der Waals surface area contributed by atoms with Crippen LogP contribution >= 0.6 is 11.3 Å². The van der Waals surface area contributed by atoms with Gasteiger partial charge in [0.1, 0.15) is 4.88 Å². The van der Waals surface area contributed by atoms with Crippen molar-refractivity contribution in [1.29, 1.82) is 0 Å². The normalized spacial score (nSPS) is 22.7. The fraction of sp³-hybridized carbons (Fsp3) is 0.778. The Bertz CT molecular complexity index is 583. The largest absolute Gasteiger partial charge is 0.473 e. The number of thiazole rings is 1. The molecule has 1 saturated heterocycles. The predicted octanol–water partition coefficient (Wildman–Crippen LogP) is 3.04. The van der Waals surface area contributed by atoms with Crippen LogP contribution in [-0.2, 0) is 0 Å². The van der Waals surface area contributed by atoms with Gasteiger partial charge in [0.2, 0.25) is 0 Å². The molecule has 0 spiro atoms. The van der Waals surface area contributed by atoms with Crippen LogP contribution in [0.1, 0.15) is 48.5 Å². The van der Waals surface area contributed by atoms with E-state index in [1.807, 2.05) is 11.8 Å². The first-order valence-electron chi connectivity index (χ1n) is 9.04. The van der Waals surface area contributed by atoms with E-state index in [1.54, 1.807) is 7.11 Å². The highest BCUT2D eigenvalue weighted by atomic mass is 32.1. The maximum atomic E-state index is 13.0. The first kappa shape index (κ1) is 17.7. The molecule has 24 heavy (non-hydrogen) atoms. The van der Waals surface area contributed by atoms with E-state index in [1.165, 1.54) is 30.7 Å². The number of rotatable bonds is 5. The summed E-state index contributed by atoms with van der Waals surface area (Å²) in [7, 11) is 1.60. The molecule has 2 heterocycles. The number of hydrogen-bond acceptors (Lipinski definition) is 5. The van der Waals surface area contributed by atoms with Gasteiger partial charge in [-0.25, -0.2) is 4.98 Å². The van der Waals surface area contributed by atoms with Gasteiger partial charge in [0.15, 0.2) is 0 Å². The summed E-state index contributed by atoms with van der Waals surface area (Å²) in [6.45, 7) is 10.4. The molecule has 3 rings (SSSR count). The predicted molar refractivity (Wildman–Crippen MR) is 96.8 cm³/mol. The second-order valence-electron chi connectivity index (χ2n) is 7.45. The molecular formula is C18H29N3O2S. The number of hydrogen-bond donors (Lipinski definition) is 0. The third kappa shape index (κ3) is 3.91. The van der Waals surface area contributed by atoms with Gasteiger partial charge in [-0.15, -0.1) is 0 Å². The summed E-state index contributed by atoms with van der Waals surface area (Å²) in [6, 6.07) is 0.451. The summed E-state index contributed by atoms with van der Waals surface area (Å²) in [5.41, 5.74) is 0.780. The van der Waals surface area contributed by atoms with Crippen LogP contribution in [0.2, 0.25) is 0 Å². The number of carbonyl (C=O) groups excluding carboxylic acids is 1. The number of carbonyl (C=O) groups is 1. The Hall–Kier alpha value is -1.14. The molecule has 1 saturated carbocycles. The van der Waals surface area contributed by atoms with Gasteiger partial charge < -0.3 is 9.64 Å². The zero-order chi connectivity index (χ0) is 17.3. The molecule has 0 radical (unpaired) electrons. The van der Waals surface area contributed by atoms with Crippen molar-refractivity contribution in [1.82, 2.24) is 14.8 Å². The minimum Gasteiger partial charge on any atom is -0.473 e. The van der Waals surface area contributed by atoms with Gasteiger partial charge in [0.25, 0.3) is 11.1 Å². The maximum absolute atomic E-state index is 13.0. The van der Waals surface area contributed by atoms with E-state index in [0.717, 1.165) is 42.5 Å². The van der Waals surface area contributed by atoms with E-state index >= 15 is 0 Å². The topological polar surface area (TPSA) is 45.7 Å². The van der Waals surface area contributed by atoms with Crippen molar-refractivity contribution >= 4 is 17.2 Å². The van der Waals surface area contributed by atoms with E-state index in [4.69, 9.17) is 4.74 Å². The molecular weight excluding hydrogens is 322 g/mol. The Kier molecular flexibility index (Phi) is 5.45. The zero-order valence-corrected chi connectivity index (χ0v) is 16.1. The van der Waals surface area contributed by atoms with E-state index in [9.17, 15) is 4.79 Å². The van der Waals surface area contributed by atoms with Gasteiger partial charge in [-0.05, 0) is 38.0 Å². The number of aromatic nitrogens is 1. The lowest BCUT2D eigenvalue weighted by molar-refractivity contribution is 0.0708. The van der Waals surface area contributed by atoms with Crippen molar-refractivity contribution in [2.75, 3.05) is 33.3 Å². The molecule has 2 aliphatic rings. The highest BCUT2D eigenvalue weighted by Gasteiger charge is 2.34. The molecule has 2 fully saturated rings. The summed E-state index contributed by atoms with van der Waals surface area (Å²) >= 11 is 1.36. The molecule has 1 aromatic rings. The SMILES string of the molecule is COc1nc(C)c(C(=O)N2CCCN(CC3CC3)[C@@H](C(C)C)C2)s1. The van der Waals surface area contributed by atoms with Gasteiger partial charge >= 0.3 is 0 Å². The van der Waals surface area contributed by atoms with E-state index in [2.05, 4.69) is 23.7 Å². The summed E-state index contributed by atoms with van der Waals surface area (Å²) in [4.78, 5) is 22.8. The Morgan fingerprint density at radius 1 is 1.38 bits per heavy atom. The second-order valence-corrected chi connectivity index (χ2v) is 8.41. The number of amides is 1. The van der Waals surface area contributed by atoms with Crippen LogP contribution in [0.4, 0.5) is 0 Å². The first-order valence-corrected chi connectivity index (χ1v) is 9.86. The Morgan fingerprint density at radius 2 is 2.12 bits per heavy atom. The molecule has 1 atom stereocenters. The maximum Gasteiger partial charge on any atom is 0.273 e. The third-order valence-electron chi connectivity index (χ3n) is 5.14. The molecule has 5 nitrogen and oxygen atoms in total. The van der Waals surface area contributed by atoms with Crippen LogP contribution in [0.3, 0.4) is 0 Å². The summed E-state index contributed by atoms with van der Waals surface area (Å²) < 4.78 is 5.19. The Labute approximate surface area is 149 Å². The molecule has 0 aromatic carbocycles. The van der Waals surface area contributed by atoms with Crippen LogP contribution in [0, 0.1) is 18.8 Å². The smallest absolute Gasteiger partial charge is 0.273 e. The van der Waals surface area contributed by atoms with Crippen molar-refractivity contribution in [3.8, 4) is 5.19 Å². The fourth-order valence-electron chi connectivity index (χ4n) is 3.54. The van der Waals surface area contributed by atoms with E-state index in [-0.39, 0.29) is 5.91 Å². The highest BCUT2D eigenvalue weighted by molar-refractivity contribution is 7.15. The zero-order valence-electron chi connectivity index (χ0n) is 15.2. The van der Waals surface area contributed by atoms with Crippen LogP contribution < -0.4 is 4.74 Å². The summed E-state index contributed by atoms with van der Waals surface area (Å²) in [5, 5.41) is 0.571. The fourth-order valence-corrected chi connectivity index (χ4v) is 4.39. The number of methoxy groups -OCH3 is 1. The van der Waals surface area contributed by atoms with Crippen molar-refractivity contribution in [3.05, 3.63) is 10.6 Å². The van der Waals surface area contributed by atoms with Crippen LogP contribution in [-0.4, -0.2) is 60.0 Å². The van der Waals surface area contributed by atoms with Gasteiger partial charge in [0.05, 0.1) is 12.8 Å². The summed E-state index contributed by atoms with van der Waals surface area (Å²) in [6.07, 6.45) is 3.81. The van der Waals surface area contributed by atoms with E-state index in [0.29, 0.717) is 17.2 Å². The molecule has 1 aromatic heterocycles. The lowest BCUT2D eigenvalue weighted by Crippen LogP contribution is -2.46. The average Bonchev–Trinajstić information content (AvgIpc) is 3.32. The minimum absolute atomic E-state index is 0.118. The second kappa shape index (κ2) is 7.40. The first-order chi connectivity index (χ1) is 11.5. The molecule has 0 bridgehead atoms. The van der Waals surface area contributed by atoms with Gasteiger partial charge in [-0.1, -0.05) is 25.2 Å². The van der Waals surface area contributed by atoms with Crippen molar-refractivity contribution in [3.63, 3.8) is 0 Å². The minimum atomic E-state index is 0.118. The molecule has 0 N–H and O–H groups in total. The average molecular weight is 352 g/mol. The molecule has 6 heteroatoms. The van der Waals surface area contributed by atoms with Crippen LogP contribution in [0.15, 0.2) is 0 Å². The highest BCUT2D eigenvalue weighted by Crippen LogP contribution is 2.32. The number of ether oxygens (including phenoxy) is 1. The third-order valence-corrected chi connectivity index (χ3v) is 6.25. The van der Waals surface area contributed by atoms with Gasteiger partial charge in [-0.2, -0.15) is 0 Å². The molecule has 1 aliphatic carbocycles. The molecule has 0 unspecified atom stereocenters. The van der Waals surface area contributed by atoms with Crippen LogP contribution in [0.5, 0.6) is 5.19 Å². The Morgan fingerprint density at radius 3 is 2.71 bits per heavy atom. The van der Waals surface area contributed by atoms with Crippen molar-refractivity contribution in [2.45, 2.75) is 46.1 Å². The number of nitrogens with zero attached hydrogens (tertiary/aromatic N) is 3. The van der Waals surface area contributed by atoms with Crippen molar-refractivity contribution in [2.24, 2.45) is 11.8 Å². The van der Waals surface area contributed by atoms with Gasteiger partial charge in [-0.3, -0.25) is 9.69 Å². The molecule has 134 valence electrons. The number of aryl methyl sites for hydroxylation is 1. The summed E-state index contributed by atoms with van der Waals surface area (Å²) in [5.74, 6) is 1.56.